The average Bonchev–Trinajstić information content (AvgIpc) is 3.45. The average molecular weight is 454 g/mol. The van der Waals surface area contributed by atoms with E-state index in [9.17, 15) is 9.59 Å². The Balaban J connectivity index is 1.34. The van der Waals surface area contributed by atoms with Crippen molar-refractivity contribution in [3.05, 3.63) is 57.0 Å². The summed E-state index contributed by atoms with van der Waals surface area (Å²) in [6.45, 7) is 9.93. The molecule has 0 radical (unpaired) electrons. The second-order valence-electron chi connectivity index (χ2n) is 8.06. The van der Waals surface area contributed by atoms with Crippen LogP contribution in [0.15, 0.2) is 28.1 Å². The SMILES string of the molecule is Cc1csc(CC(=O)N2CCN(C(=O)C=Cc3cc(C)n(-c4cc(C)on4)c3C)CC2)n1. The van der Waals surface area contributed by atoms with Crippen molar-refractivity contribution in [3.8, 4) is 5.82 Å². The highest BCUT2D eigenvalue weighted by Crippen LogP contribution is 2.22. The molecule has 0 aliphatic carbocycles. The molecule has 1 aliphatic rings. The molecule has 0 N–H and O–H groups in total. The molecule has 1 aliphatic heterocycles. The third kappa shape index (κ3) is 4.67. The Bertz CT molecular complexity index is 1160. The molecule has 2 amide bonds. The molecule has 168 valence electrons. The summed E-state index contributed by atoms with van der Waals surface area (Å²) < 4.78 is 7.20. The van der Waals surface area contributed by atoms with Crippen molar-refractivity contribution in [1.29, 1.82) is 0 Å². The van der Waals surface area contributed by atoms with E-state index in [1.165, 1.54) is 11.3 Å². The Morgan fingerprint density at radius 1 is 1.09 bits per heavy atom. The van der Waals surface area contributed by atoms with Gasteiger partial charge in [-0.3, -0.25) is 14.2 Å². The van der Waals surface area contributed by atoms with Crippen LogP contribution in [-0.4, -0.2) is 62.5 Å². The largest absolute Gasteiger partial charge is 0.360 e. The topological polar surface area (TPSA) is 84.5 Å². The fourth-order valence-corrected chi connectivity index (χ4v) is 4.70. The summed E-state index contributed by atoms with van der Waals surface area (Å²) in [5, 5.41) is 6.89. The number of rotatable bonds is 5. The van der Waals surface area contributed by atoms with Crippen LogP contribution in [0.3, 0.4) is 0 Å². The van der Waals surface area contributed by atoms with Gasteiger partial charge in [0.2, 0.25) is 11.8 Å². The lowest BCUT2D eigenvalue weighted by Gasteiger charge is -2.34. The maximum Gasteiger partial charge on any atom is 0.246 e. The van der Waals surface area contributed by atoms with Crippen molar-refractivity contribution in [1.82, 2.24) is 24.5 Å². The van der Waals surface area contributed by atoms with E-state index in [1.807, 2.05) is 60.8 Å². The zero-order chi connectivity index (χ0) is 22.8. The fourth-order valence-electron chi connectivity index (χ4n) is 3.94. The lowest BCUT2D eigenvalue weighted by Crippen LogP contribution is -2.50. The predicted molar refractivity (Wildman–Crippen MR) is 123 cm³/mol. The molecule has 1 fully saturated rings. The van der Waals surface area contributed by atoms with E-state index in [1.54, 1.807) is 11.0 Å². The van der Waals surface area contributed by atoms with Crippen molar-refractivity contribution in [2.75, 3.05) is 26.2 Å². The van der Waals surface area contributed by atoms with Crippen LogP contribution in [0.4, 0.5) is 0 Å². The molecule has 0 bridgehead atoms. The molecule has 0 aromatic carbocycles. The molecule has 9 heteroatoms. The quantitative estimate of drug-likeness (QED) is 0.555. The van der Waals surface area contributed by atoms with Gasteiger partial charge in [0.05, 0.1) is 6.42 Å². The summed E-state index contributed by atoms with van der Waals surface area (Å²) in [6.07, 6.45) is 3.78. The van der Waals surface area contributed by atoms with Crippen molar-refractivity contribution in [3.63, 3.8) is 0 Å². The maximum absolute atomic E-state index is 12.7. The zero-order valence-electron chi connectivity index (χ0n) is 18.8. The van der Waals surface area contributed by atoms with Crippen LogP contribution in [0, 0.1) is 27.7 Å². The van der Waals surface area contributed by atoms with E-state index >= 15 is 0 Å². The van der Waals surface area contributed by atoms with E-state index in [2.05, 4.69) is 10.1 Å². The number of piperazine rings is 1. The van der Waals surface area contributed by atoms with Crippen LogP contribution in [0.25, 0.3) is 11.9 Å². The molecular formula is C23H27N5O3S. The standard InChI is InChI=1S/C23H27N5O3S/c1-15-14-32-21(24-15)13-23(30)27-9-7-26(8-10-27)22(29)6-5-19-11-16(2)28(18(19)4)20-12-17(3)31-25-20/h5-6,11-12,14H,7-10,13H2,1-4H3. The van der Waals surface area contributed by atoms with Crippen molar-refractivity contribution in [2.45, 2.75) is 34.1 Å². The Kier molecular flexibility index (Phi) is 6.27. The first-order chi connectivity index (χ1) is 15.3. The van der Waals surface area contributed by atoms with Crippen LogP contribution in [0.1, 0.15) is 33.4 Å². The molecule has 32 heavy (non-hydrogen) atoms. The normalized spacial score (nSPS) is 14.5. The number of aromatic nitrogens is 3. The fraction of sp³-hybridized carbons (Fsp3) is 0.391. The molecule has 1 saturated heterocycles. The summed E-state index contributed by atoms with van der Waals surface area (Å²) in [7, 11) is 0. The second-order valence-corrected chi connectivity index (χ2v) is 9.00. The van der Waals surface area contributed by atoms with Gasteiger partial charge in [-0.15, -0.1) is 11.3 Å². The number of thiazole rings is 1. The van der Waals surface area contributed by atoms with E-state index in [0.717, 1.165) is 39.2 Å². The molecule has 4 rings (SSSR count). The molecule has 0 atom stereocenters. The van der Waals surface area contributed by atoms with Gasteiger partial charge in [0.25, 0.3) is 0 Å². The summed E-state index contributed by atoms with van der Waals surface area (Å²) in [5.74, 6) is 1.50. The summed E-state index contributed by atoms with van der Waals surface area (Å²) >= 11 is 1.51. The minimum atomic E-state index is -0.0465. The lowest BCUT2D eigenvalue weighted by atomic mass is 10.2. The second kappa shape index (κ2) is 9.12. The van der Waals surface area contributed by atoms with E-state index in [0.29, 0.717) is 32.6 Å². The number of amides is 2. The number of nitrogens with zero attached hydrogens (tertiary/aromatic N) is 5. The van der Waals surface area contributed by atoms with Crippen molar-refractivity contribution >= 4 is 29.2 Å². The molecule has 0 saturated carbocycles. The minimum Gasteiger partial charge on any atom is -0.360 e. The Morgan fingerprint density at radius 2 is 1.81 bits per heavy atom. The maximum atomic E-state index is 12.7. The molecule has 3 aromatic heterocycles. The minimum absolute atomic E-state index is 0.0465. The molecular weight excluding hydrogens is 426 g/mol. The van der Waals surface area contributed by atoms with E-state index < -0.39 is 0 Å². The van der Waals surface area contributed by atoms with E-state index in [-0.39, 0.29) is 11.8 Å². The van der Waals surface area contributed by atoms with Gasteiger partial charge in [-0.1, -0.05) is 5.16 Å². The predicted octanol–water partition coefficient (Wildman–Crippen LogP) is 3.08. The first-order valence-electron chi connectivity index (χ1n) is 10.6. The number of hydrogen-bond acceptors (Lipinski definition) is 6. The third-order valence-corrected chi connectivity index (χ3v) is 6.60. The Labute approximate surface area is 191 Å². The number of carbonyl (C=O) groups excluding carboxylic acids is 2. The molecule has 0 unspecified atom stereocenters. The van der Waals surface area contributed by atoms with Gasteiger partial charge >= 0.3 is 0 Å². The smallest absolute Gasteiger partial charge is 0.246 e. The Hall–Kier alpha value is -3.20. The van der Waals surface area contributed by atoms with Crippen LogP contribution < -0.4 is 0 Å². The first-order valence-corrected chi connectivity index (χ1v) is 11.5. The molecule has 3 aromatic rings. The highest BCUT2D eigenvalue weighted by molar-refractivity contribution is 7.09. The first kappa shape index (κ1) is 22.0. The highest BCUT2D eigenvalue weighted by atomic mass is 32.1. The third-order valence-electron chi connectivity index (χ3n) is 5.63. The number of hydrogen-bond donors (Lipinski definition) is 0. The van der Waals surface area contributed by atoms with Gasteiger partial charge < -0.3 is 14.3 Å². The van der Waals surface area contributed by atoms with Crippen LogP contribution >= 0.6 is 11.3 Å². The summed E-state index contributed by atoms with van der Waals surface area (Å²) in [5.41, 5.74) is 3.92. The monoisotopic (exact) mass is 453 g/mol. The molecule has 4 heterocycles. The van der Waals surface area contributed by atoms with Crippen LogP contribution in [0.2, 0.25) is 0 Å². The number of carbonyl (C=O) groups is 2. The molecule has 8 nitrogen and oxygen atoms in total. The van der Waals surface area contributed by atoms with Crippen LogP contribution in [-0.2, 0) is 16.0 Å². The van der Waals surface area contributed by atoms with Crippen molar-refractivity contribution in [2.24, 2.45) is 0 Å². The van der Waals surface area contributed by atoms with Gasteiger partial charge in [-0.2, -0.15) is 0 Å². The van der Waals surface area contributed by atoms with Crippen LogP contribution in [0.5, 0.6) is 0 Å². The van der Waals surface area contributed by atoms with Crippen molar-refractivity contribution < 1.29 is 14.1 Å². The highest BCUT2D eigenvalue weighted by Gasteiger charge is 2.24. The number of aryl methyl sites for hydroxylation is 3. The van der Waals surface area contributed by atoms with Gasteiger partial charge in [-0.25, -0.2) is 4.98 Å². The molecule has 0 spiro atoms. The van der Waals surface area contributed by atoms with Gasteiger partial charge in [0.1, 0.15) is 10.8 Å². The Morgan fingerprint density at radius 3 is 2.44 bits per heavy atom. The zero-order valence-corrected chi connectivity index (χ0v) is 19.6. The summed E-state index contributed by atoms with van der Waals surface area (Å²) in [6, 6.07) is 3.91. The van der Waals surface area contributed by atoms with E-state index in [4.69, 9.17) is 4.52 Å². The summed E-state index contributed by atoms with van der Waals surface area (Å²) in [4.78, 5) is 33.2. The van der Waals surface area contributed by atoms with Gasteiger partial charge in [-0.05, 0) is 45.4 Å². The van der Waals surface area contributed by atoms with Gasteiger partial charge in [0, 0.05) is 60.8 Å². The van der Waals surface area contributed by atoms with Gasteiger partial charge in [0.15, 0.2) is 5.82 Å². The lowest BCUT2D eigenvalue weighted by molar-refractivity contribution is -0.136.